The first-order chi connectivity index (χ1) is 16.6. The summed E-state index contributed by atoms with van der Waals surface area (Å²) in [5, 5.41) is 9.82. The molecule has 1 aromatic carbocycles. The second-order valence-corrected chi connectivity index (χ2v) is 10.9. The predicted molar refractivity (Wildman–Crippen MR) is 145 cm³/mol. The van der Waals surface area contributed by atoms with Crippen molar-refractivity contribution in [1.82, 2.24) is 20.2 Å². The maximum Gasteiger partial charge on any atom is 0.0717 e. The van der Waals surface area contributed by atoms with Crippen molar-refractivity contribution in [3.05, 3.63) is 59.2 Å². The monoisotopic (exact) mass is 469 g/mol. The first-order valence-electron chi connectivity index (χ1n) is 12.2. The lowest BCUT2D eigenvalue weighted by molar-refractivity contribution is 0.253. The van der Waals surface area contributed by atoms with E-state index in [9.17, 15) is 0 Å². The molecule has 6 heteroatoms. The number of benzene rings is 1. The lowest BCUT2D eigenvalue weighted by Gasteiger charge is -2.28. The Labute approximate surface area is 204 Å². The molecule has 34 heavy (non-hydrogen) atoms. The van der Waals surface area contributed by atoms with Gasteiger partial charge in [0.05, 0.1) is 22.6 Å². The largest absolute Gasteiger partial charge is 0.382 e. The smallest absolute Gasteiger partial charge is 0.0717 e. The number of fused-ring (bicyclic) bond motifs is 5. The van der Waals surface area contributed by atoms with E-state index in [1.54, 1.807) is 0 Å². The lowest BCUT2D eigenvalue weighted by Crippen LogP contribution is -2.29. The molecular weight excluding hydrogens is 438 g/mol. The van der Waals surface area contributed by atoms with Crippen LogP contribution in [-0.2, 0) is 6.54 Å². The molecule has 0 amide bonds. The molecule has 174 valence electrons. The van der Waals surface area contributed by atoms with Crippen molar-refractivity contribution in [2.75, 3.05) is 32.0 Å². The van der Waals surface area contributed by atoms with Crippen LogP contribution >= 0.6 is 11.3 Å². The molecule has 0 unspecified atom stereocenters. The van der Waals surface area contributed by atoms with E-state index in [0.717, 1.165) is 61.5 Å². The number of nitrogens with zero attached hydrogens (tertiary/aromatic N) is 3. The van der Waals surface area contributed by atoms with Gasteiger partial charge in [-0.1, -0.05) is 6.58 Å². The highest BCUT2D eigenvalue weighted by atomic mass is 32.1. The number of hydrogen-bond donors (Lipinski definition) is 2. The van der Waals surface area contributed by atoms with Crippen LogP contribution in [0.4, 0.5) is 5.69 Å². The third-order valence-corrected chi connectivity index (χ3v) is 8.45. The molecule has 1 fully saturated rings. The number of aromatic nitrogens is 2. The molecule has 0 bridgehead atoms. The van der Waals surface area contributed by atoms with Crippen LogP contribution in [0.25, 0.3) is 38.3 Å². The van der Waals surface area contributed by atoms with E-state index in [4.69, 9.17) is 9.97 Å². The summed E-state index contributed by atoms with van der Waals surface area (Å²) in [4.78, 5) is 13.8. The van der Waals surface area contributed by atoms with Gasteiger partial charge in [0.1, 0.15) is 0 Å². The molecule has 1 atom stereocenters. The topological polar surface area (TPSA) is 53.1 Å². The highest BCUT2D eigenvalue weighted by Gasteiger charge is 2.22. The summed E-state index contributed by atoms with van der Waals surface area (Å²) in [7, 11) is 2.20. The van der Waals surface area contributed by atoms with Gasteiger partial charge in [0.25, 0.3) is 0 Å². The molecule has 2 N–H and O–H groups in total. The van der Waals surface area contributed by atoms with Gasteiger partial charge in [-0.15, -0.1) is 11.3 Å². The van der Waals surface area contributed by atoms with E-state index in [1.165, 1.54) is 31.7 Å². The lowest BCUT2D eigenvalue weighted by atomic mass is 9.92. The summed E-state index contributed by atoms with van der Waals surface area (Å²) < 4.78 is 1.32. The molecule has 2 aliphatic heterocycles. The number of likely N-dealkylation sites (tertiary alicyclic amines) is 1. The highest BCUT2D eigenvalue weighted by molar-refractivity contribution is 7.20. The van der Waals surface area contributed by atoms with Crippen LogP contribution in [0.2, 0.25) is 0 Å². The zero-order chi connectivity index (χ0) is 23.2. The molecule has 0 radical (unpaired) electrons. The zero-order valence-corrected chi connectivity index (χ0v) is 20.7. The maximum absolute atomic E-state index is 5.13. The van der Waals surface area contributed by atoms with E-state index in [0.29, 0.717) is 12.0 Å². The Morgan fingerprint density at radius 3 is 2.79 bits per heavy atom. The second kappa shape index (κ2) is 8.77. The number of thiophene rings is 1. The molecule has 5 nitrogen and oxygen atoms in total. The fraction of sp³-hybridized carbons (Fsp3) is 0.357. The molecule has 1 saturated heterocycles. The molecular formula is C28H31N5S. The minimum Gasteiger partial charge on any atom is -0.382 e. The molecule has 0 spiro atoms. The highest BCUT2D eigenvalue weighted by Crippen LogP contribution is 2.41. The van der Waals surface area contributed by atoms with E-state index in [1.807, 2.05) is 17.4 Å². The van der Waals surface area contributed by atoms with Crippen molar-refractivity contribution < 1.29 is 0 Å². The summed E-state index contributed by atoms with van der Waals surface area (Å²) in [6, 6.07) is 13.6. The predicted octanol–water partition coefficient (Wildman–Crippen LogP) is 5.87. The Bertz CT molecular complexity index is 1380. The van der Waals surface area contributed by atoms with Crippen LogP contribution < -0.4 is 10.6 Å². The Balaban J connectivity index is 1.43. The van der Waals surface area contributed by atoms with Crippen molar-refractivity contribution in [3.8, 4) is 11.3 Å². The third-order valence-electron chi connectivity index (χ3n) is 7.30. The molecule has 0 aliphatic carbocycles. The van der Waals surface area contributed by atoms with Crippen molar-refractivity contribution >= 4 is 44.1 Å². The number of hydrogen-bond acceptors (Lipinski definition) is 6. The summed E-state index contributed by atoms with van der Waals surface area (Å²) in [5.41, 5.74) is 6.54. The van der Waals surface area contributed by atoms with Gasteiger partial charge >= 0.3 is 0 Å². The van der Waals surface area contributed by atoms with E-state index in [-0.39, 0.29) is 0 Å². The molecule has 0 saturated carbocycles. The first-order valence-corrected chi connectivity index (χ1v) is 13.1. The second-order valence-electron chi connectivity index (χ2n) is 9.75. The Morgan fingerprint density at radius 2 is 1.97 bits per heavy atom. The van der Waals surface area contributed by atoms with E-state index in [2.05, 4.69) is 72.5 Å². The Kier molecular flexibility index (Phi) is 5.60. The fourth-order valence-corrected chi connectivity index (χ4v) is 6.40. The average molecular weight is 470 g/mol. The van der Waals surface area contributed by atoms with Gasteiger partial charge in [-0.25, -0.2) is 4.98 Å². The third kappa shape index (κ3) is 3.90. The number of pyridine rings is 2. The van der Waals surface area contributed by atoms with Gasteiger partial charge in [0.15, 0.2) is 0 Å². The minimum absolute atomic E-state index is 0.457. The average Bonchev–Trinajstić information content (AvgIpc) is 3.13. The first kappa shape index (κ1) is 21.7. The van der Waals surface area contributed by atoms with Crippen molar-refractivity contribution in [2.24, 2.45) is 0 Å². The molecule has 3 aromatic heterocycles. The van der Waals surface area contributed by atoms with Crippen molar-refractivity contribution in [2.45, 2.75) is 38.3 Å². The van der Waals surface area contributed by atoms with Crippen LogP contribution in [0.1, 0.15) is 41.9 Å². The van der Waals surface area contributed by atoms with E-state index < -0.39 is 0 Å². The summed E-state index contributed by atoms with van der Waals surface area (Å²) in [6.45, 7) is 10.3. The number of rotatable bonds is 3. The Hall–Kier alpha value is -2.80. The normalized spacial score (nSPS) is 19.6. The standard InChI is InChI=1S/C28H31N5S/c1-4-20-13-19(14-24(31-20)18-9-11-33(3)12-10-18)22-6-5-21-23(32-22)7-8-25-27(21)28-26(34-25)16-29-17(2)15-30-28/h4-8,13-14,17-18,29-30H,1,9-12,15-16H2,2-3H3/t17-/m1/s1. The fourth-order valence-electron chi connectivity index (χ4n) is 5.26. The molecule has 5 heterocycles. The summed E-state index contributed by atoms with van der Waals surface area (Å²) in [5.74, 6) is 0.498. The minimum atomic E-state index is 0.457. The van der Waals surface area contributed by atoms with Gasteiger partial charge in [-0.2, -0.15) is 0 Å². The van der Waals surface area contributed by atoms with Gasteiger partial charge in [-0.3, -0.25) is 4.98 Å². The maximum atomic E-state index is 5.13. The number of nitrogens with one attached hydrogen (secondary N) is 2. The molecule has 6 rings (SSSR count). The van der Waals surface area contributed by atoms with Crippen LogP contribution in [0.15, 0.2) is 43.0 Å². The van der Waals surface area contributed by atoms with Gasteiger partial charge in [0, 0.05) is 56.7 Å². The van der Waals surface area contributed by atoms with Crippen LogP contribution in [-0.4, -0.2) is 47.6 Å². The van der Waals surface area contributed by atoms with E-state index >= 15 is 0 Å². The zero-order valence-electron chi connectivity index (χ0n) is 19.9. The Morgan fingerprint density at radius 1 is 1.12 bits per heavy atom. The number of piperidine rings is 1. The van der Waals surface area contributed by atoms with Crippen molar-refractivity contribution in [3.63, 3.8) is 0 Å². The van der Waals surface area contributed by atoms with Gasteiger partial charge in [0.2, 0.25) is 0 Å². The summed E-state index contributed by atoms with van der Waals surface area (Å²) in [6.07, 6.45) is 4.15. The van der Waals surface area contributed by atoms with Gasteiger partial charge < -0.3 is 15.5 Å². The SMILES string of the molecule is C=Cc1cc(-c2ccc3c(ccc4sc5c(c43)NC[C@@H](C)NC5)n2)cc(C2CCN(C)CC2)n1. The quantitative estimate of drug-likeness (QED) is 0.393. The summed E-state index contributed by atoms with van der Waals surface area (Å²) >= 11 is 1.88. The van der Waals surface area contributed by atoms with Crippen LogP contribution in [0.3, 0.4) is 0 Å². The molecule has 2 aliphatic rings. The van der Waals surface area contributed by atoms with Gasteiger partial charge in [-0.05, 0) is 82.4 Å². The van der Waals surface area contributed by atoms with Crippen LogP contribution in [0.5, 0.6) is 0 Å². The van der Waals surface area contributed by atoms with Crippen LogP contribution in [0, 0.1) is 0 Å². The van der Waals surface area contributed by atoms with Crippen molar-refractivity contribution in [1.29, 1.82) is 0 Å². The molecule has 4 aromatic rings. The number of anilines is 1.